The van der Waals surface area contributed by atoms with Crippen molar-refractivity contribution >= 4 is 11.7 Å². The number of anilines is 1. The van der Waals surface area contributed by atoms with Crippen LogP contribution >= 0.6 is 0 Å². The molecule has 1 N–H and O–H groups in total. The summed E-state index contributed by atoms with van der Waals surface area (Å²) in [5.74, 6) is 0.596. The van der Waals surface area contributed by atoms with Gasteiger partial charge >= 0.3 is 0 Å². The minimum absolute atomic E-state index is 0.241. The largest absolute Gasteiger partial charge is 0.386 e. The van der Waals surface area contributed by atoms with Crippen molar-refractivity contribution in [3.63, 3.8) is 0 Å². The Bertz CT molecular complexity index is 707. The topological polar surface area (TPSA) is 82.5 Å². The van der Waals surface area contributed by atoms with Gasteiger partial charge in [-0.2, -0.15) is 0 Å². The molecule has 1 saturated heterocycles. The number of nitrogens with zero attached hydrogens (tertiary/aromatic N) is 5. The van der Waals surface area contributed by atoms with Gasteiger partial charge in [0.2, 0.25) is 0 Å². The van der Waals surface area contributed by atoms with E-state index in [0.29, 0.717) is 19.5 Å². The van der Waals surface area contributed by atoms with Crippen LogP contribution in [0, 0.1) is 6.92 Å². The molecule has 3 heterocycles. The summed E-state index contributed by atoms with van der Waals surface area (Å²) in [5.41, 5.74) is 0.0842. The minimum Gasteiger partial charge on any atom is -0.386 e. The predicted molar refractivity (Wildman–Crippen MR) is 89.7 cm³/mol. The SMILES string of the molecule is Cc1cnc(C(=O)N(C)CC2(O)CCN(c3ccccn3)C2)cn1. The molecule has 0 bridgehead atoms. The highest BCUT2D eigenvalue weighted by Gasteiger charge is 2.38. The molecule has 0 saturated carbocycles. The van der Waals surface area contributed by atoms with Gasteiger partial charge in [0.15, 0.2) is 0 Å². The van der Waals surface area contributed by atoms with E-state index in [9.17, 15) is 9.90 Å². The van der Waals surface area contributed by atoms with Gasteiger partial charge in [-0.05, 0) is 25.5 Å². The quantitative estimate of drug-likeness (QED) is 0.898. The molecule has 126 valence electrons. The van der Waals surface area contributed by atoms with Crippen LogP contribution < -0.4 is 4.90 Å². The molecule has 1 aliphatic rings. The number of hydrogen-bond acceptors (Lipinski definition) is 6. The number of aromatic nitrogens is 3. The van der Waals surface area contributed by atoms with E-state index in [0.717, 1.165) is 11.5 Å². The Kier molecular flexibility index (Phi) is 4.44. The van der Waals surface area contributed by atoms with E-state index in [-0.39, 0.29) is 18.1 Å². The van der Waals surface area contributed by atoms with Crippen molar-refractivity contribution in [2.45, 2.75) is 18.9 Å². The van der Waals surface area contributed by atoms with E-state index in [4.69, 9.17) is 0 Å². The van der Waals surface area contributed by atoms with E-state index >= 15 is 0 Å². The fourth-order valence-electron chi connectivity index (χ4n) is 2.93. The summed E-state index contributed by atoms with van der Waals surface area (Å²) in [4.78, 5) is 28.5. The second kappa shape index (κ2) is 6.52. The second-order valence-electron chi connectivity index (χ2n) is 6.29. The lowest BCUT2D eigenvalue weighted by Crippen LogP contribution is -2.46. The minimum atomic E-state index is -0.958. The first-order valence-electron chi connectivity index (χ1n) is 7.89. The third-order valence-electron chi connectivity index (χ3n) is 4.18. The van der Waals surface area contributed by atoms with Crippen LogP contribution in [0.5, 0.6) is 0 Å². The second-order valence-corrected chi connectivity index (χ2v) is 6.29. The zero-order chi connectivity index (χ0) is 17.2. The molecule has 1 amide bonds. The molecule has 0 spiro atoms. The Hall–Kier alpha value is -2.54. The number of hydrogen-bond donors (Lipinski definition) is 1. The first-order valence-corrected chi connectivity index (χ1v) is 7.89. The van der Waals surface area contributed by atoms with Crippen LogP contribution in [0.2, 0.25) is 0 Å². The molecule has 1 unspecified atom stereocenters. The van der Waals surface area contributed by atoms with Crippen molar-refractivity contribution in [1.82, 2.24) is 19.9 Å². The summed E-state index contributed by atoms with van der Waals surface area (Å²) in [7, 11) is 1.67. The normalized spacial score (nSPS) is 20.2. The van der Waals surface area contributed by atoms with Crippen molar-refractivity contribution in [1.29, 1.82) is 0 Å². The first kappa shape index (κ1) is 16.3. The van der Waals surface area contributed by atoms with Crippen molar-refractivity contribution in [2.24, 2.45) is 0 Å². The Morgan fingerprint density at radius 2 is 2.17 bits per heavy atom. The molecular weight excluding hydrogens is 306 g/mol. The number of carbonyl (C=O) groups excluding carboxylic acids is 1. The van der Waals surface area contributed by atoms with Crippen molar-refractivity contribution in [2.75, 3.05) is 31.6 Å². The van der Waals surface area contributed by atoms with Crippen LogP contribution in [0.3, 0.4) is 0 Å². The number of likely N-dealkylation sites (N-methyl/N-ethyl adjacent to an activating group) is 1. The molecule has 7 heteroatoms. The van der Waals surface area contributed by atoms with E-state index in [2.05, 4.69) is 15.0 Å². The van der Waals surface area contributed by atoms with Gasteiger partial charge < -0.3 is 14.9 Å². The van der Waals surface area contributed by atoms with Gasteiger partial charge in [-0.3, -0.25) is 9.78 Å². The van der Waals surface area contributed by atoms with Crippen LogP contribution in [-0.4, -0.2) is 63.1 Å². The standard InChI is InChI=1S/C17H21N5O2/c1-13-9-20-14(10-19-13)16(23)21(2)11-17(24)6-8-22(12-17)15-5-3-4-7-18-15/h3-5,7,9-10,24H,6,8,11-12H2,1-2H3. The average molecular weight is 327 g/mol. The average Bonchev–Trinajstić information content (AvgIpc) is 2.97. The lowest BCUT2D eigenvalue weighted by atomic mass is 10.0. The lowest BCUT2D eigenvalue weighted by Gasteiger charge is -2.29. The number of carbonyl (C=O) groups is 1. The van der Waals surface area contributed by atoms with Crippen molar-refractivity contribution < 1.29 is 9.90 Å². The van der Waals surface area contributed by atoms with Gasteiger partial charge in [-0.1, -0.05) is 6.07 Å². The molecule has 1 atom stereocenters. The summed E-state index contributed by atoms with van der Waals surface area (Å²) in [6.45, 7) is 3.21. The van der Waals surface area contributed by atoms with Crippen LogP contribution in [0.4, 0.5) is 5.82 Å². The summed E-state index contributed by atoms with van der Waals surface area (Å²) < 4.78 is 0. The molecular formula is C17H21N5O2. The molecule has 0 radical (unpaired) electrons. The molecule has 2 aromatic heterocycles. The monoisotopic (exact) mass is 327 g/mol. The number of pyridine rings is 1. The van der Waals surface area contributed by atoms with Crippen LogP contribution in [0.1, 0.15) is 22.6 Å². The van der Waals surface area contributed by atoms with Gasteiger partial charge in [0, 0.05) is 32.5 Å². The Labute approximate surface area is 141 Å². The zero-order valence-corrected chi connectivity index (χ0v) is 13.9. The summed E-state index contributed by atoms with van der Waals surface area (Å²) in [6.07, 6.45) is 5.35. The molecule has 7 nitrogen and oxygen atoms in total. The van der Waals surface area contributed by atoms with E-state index in [1.807, 2.05) is 30.0 Å². The van der Waals surface area contributed by atoms with Crippen LogP contribution in [0.15, 0.2) is 36.8 Å². The third-order valence-corrected chi connectivity index (χ3v) is 4.18. The summed E-state index contributed by atoms with van der Waals surface area (Å²) in [5, 5.41) is 10.8. The number of amides is 1. The highest BCUT2D eigenvalue weighted by molar-refractivity contribution is 5.91. The molecule has 1 fully saturated rings. The maximum absolute atomic E-state index is 12.4. The molecule has 0 aromatic carbocycles. The Balaban J connectivity index is 1.64. The lowest BCUT2D eigenvalue weighted by molar-refractivity contribution is 0.0261. The zero-order valence-electron chi connectivity index (χ0n) is 13.9. The number of β-amino-alcohol motifs (C(OH)–C–C–N with tert-alkyl or cyclic N) is 1. The van der Waals surface area contributed by atoms with Crippen molar-refractivity contribution in [3.8, 4) is 0 Å². The van der Waals surface area contributed by atoms with E-state index in [1.165, 1.54) is 11.1 Å². The first-order chi connectivity index (χ1) is 11.5. The third kappa shape index (κ3) is 3.51. The van der Waals surface area contributed by atoms with Crippen LogP contribution in [-0.2, 0) is 0 Å². The van der Waals surface area contributed by atoms with Crippen LogP contribution in [0.25, 0.3) is 0 Å². The van der Waals surface area contributed by atoms with Gasteiger partial charge in [0.05, 0.1) is 18.4 Å². The fourth-order valence-corrected chi connectivity index (χ4v) is 2.93. The highest BCUT2D eigenvalue weighted by atomic mass is 16.3. The molecule has 24 heavy (non-hydrogen) atoms. The Morgan fingerprint density at radius 1 is 1.33 bits per heavy atom. The molecule has 1 aliphatic heterocycles. The number of rotatable bonds is 4. The van der Waals surface area contributed by atoms with E-state index in [1.54, 1.807) is 19.4 Å². The maximum atomic E-state index is 12.4. The summed E-state index contributed by atoms with van der Waals surface area (Å²) >= 11 is 0. The molecule has 3 rings (SSSR count). The van der Waals surface area contributed by atoms with Gasteiger partial charge in [0.1, 0.15) is 17.1 Å². The highest BCUT2D eigenvalue weighted by Crippen LogP contribution is 2.26. The van der Waals surface area contributed by atoms with Gasteiger partial charge in [-0.15, -0.1) is 0 Å². The number of aryl methyl sites for hydroxylation is 1. The fraction of sp³-hybridized carbons (Fsp3) is 0.412. The van der Waals surface area contributed by atoms with Crippen molar-refractivity contribution in [3.05, 3.63) is 48.2 Å². The smallest absolute Gasteiger partial charge is 0.273 e. The maximum Gasteiger partial charge on any atom is 0.273 e. The molecule has 0 aliphatic carbocycles. The summed E-state index contributed by atoms with van der Waals surface area (Å²) in [6, 6.07) is 5.70. The molecule has 2 aromatic rings. The Morgan fingerprint density at radius 3 is 2.83 bits per heavy atom. The number of aliphatic hydroxyl groups is 1. The van der Waals surface area contributed by atoms with Gasteiger partial charge in [0.25, 0.3) is 5.91 Å². The van der Waals surface area contributed by atoms with E-state index < -0.39 is 5.60 Å². The van der Waals surface area contributed by atoms with Gasteiger partial charge in [-0.25, -0.2) is 9.97 Å². The predicted octanol–water partition coefficient (Wildman–Crippen LogP) is 0.893.